The second kappa shape index (κ2) is 4.99. The minimum Gasteiger partial charge on any atom is -0.385 e. The lowest BCUT2D eigenvalue weighted by molar-refractivity contribution is 0.0954. The van der Waals surface area contributed by atoms with E-state index >= 15 is 0 Å². The van der Waals surface area contributed by atoms with Crippen LogP contribution in [0.15, 0.2) is 18.2 Å². The van der Waals surface area contributed by atoms with Crippen LogP contribution in [0.4, 0.5) is 5.69 Å². The summed E-state index contributed by atoms with van der Waals surface area (Å²) in [4.78, 5) is 11.7. The molecule has 0 atom stereocenters. The highest BCUT2D eigenvalue weighted by Crippen LogP contribution is 2.22. The Hall–Kier alpha value is -1.55. The Bertz CT molecular complexity index is 390. The van der Waals surface area contributed by atoms with Crippen LogP contribution in [0, 0.1) is 0 Å². The first-order valence-electron chi connectivity index (χ1n) is 5.66. The molecule has 1 aromatic rings. The molecule has 16 heavy (non-hydrogen) atoms. The zero-order valence-electron chi connectivity index (χ0n) is 9.25. The molecule has 0 saturated heterocycles. The van der Waals surface area contributed by atoms with Crippen molar-refractivity contribution in [1.29, 1.82) is 0 Å². The number of rotatable bonds is 3. The molecule has 0 bridgehead atoms. The van der Waals surface area contributed by atoms with Crippen LogP contribution in [-0.4, -0.2) is 25.5 Å². The normalized spacial score (nSPS) is 13.8. The minimum absolute atomic E-state index is 0.0428. The van der Waals surface area contributed by atoms with Crippen molar-refractivity contribution < 1.29 is 4.79 Å². The average molecular weight is 219 g/mol. The highest BCUT2D eigenvalue weighted by Gasteiger charge is 2.11. The number of anilines is 1. The molecule has 1 aliphatic heterocycles. The van der Waals surface area contributed by atoms with Crippen molar-refractivity contribution >= 4 is 11.6 Å². The summed E-state index contributed by atoms with van der Waals surface area (Å²) < 4.78 is 0. The van der Waals surface area contributed by atoms with Crippen LogP contribution < -0.4 is 16.4 Å². The van der Waals surface area contributed by atoms with Gasteiger partial charge in [0.1, 0.15) is 0 Å². The zero-order chi connectivity index (χ0) is 11.4. The maximum absolute atomic E-state index is 11.7. The Balaban J connectivity index is 2.13. The Morgan fingerprint density at radius 1 is 1.50 bits per heavy atom. The zero-order valence-corrected chi connectivity index (χ0v) is 9.25. The molecular weight excluding hydrogens is 202 g/mol. The van der Waals surface area contributed by atoms with Gasteiger partial charge in [-0.3, -0.25) is 4.79 Å². The van der Waals surface area contributed by atoms with Crippen LogP contribution >= 0.6 is 0 Å². The number of carbonyl (C=O) groups excluding carboxylic acids is 1. The summed E-state index contributed by atoms with van der Waals surface area (Å²) >= 11 is 0. The maximum atomic E-state index is 11.7. The molecule has 0 radical (unpaired) electrons. The predicted octanol–water partition coefficient (Wildman–Crippen LogP) is 0.733. The molecular formula is C12H17N3O. The van der Waals surface area contributed by atoms with Gasteiger partial charge < -0.3 is 16.4 Å². The van der Waals surface area contributed by atoms with Crippen LogP contribution in [0.25, 0.3) is 0 Å². The molecule has 0 spiro atoms. The number of carbonyl (C=O) groups is 1. The van der Waals surface area contributed by atoms with E-state index in [0.29, 0.717) is 13.1 Å². The molecule has 86 valence electrons. The summed E-state index contributed by atoms with van der Waals surface area (Å²) in [6.07, 6.45) is 2.17. The van der Waals surface area contributed by atoms with E-state index in [1.807, 2.05) is 18.2 Å². The van der Waals surface area contributed by atoms with Crippen LogP contribution in [0.2, 0.25) is 0 Å². The van der Waals surface area contributed by atoms with E-state index in [1.54, 1.807) is 0 Å². The van der Waals surface area contributed by atoms with Crippen molar-refractivity contribution in [1.82, 2.24) is 5.32 Å². The smallest absolute Gasteiger partial charge is 0.251 e. The third-order valence-corrected chi connectivity index (χ3v) is 2.74. The average Bonchev–Trinajstić information content (AvgIpc) is 2.35. The molecule has 4 nitrogen and oxygen atoms in total. The third-order valence-electron chi connectivity index (χ3n) is 2.74. The van der Waals surface area contributed by atoms with Gasteiger partial charge in [0.15, 0.2) is 0 Å². The molecule has 0 aromatic heterocycles. The molecule has 2 rings (SSSR count). The van der Waals surface area contributed by atoms with Gasteiger partial charge >= 0.3 is 0 Å². The lowest BCUT2D eigenvalue weighted by atomic mass is 10.0. The minimum atomic E-state index is -0.0428. The van der Waals surface area contributed by atoms with E-state index < -0.39 is 0 Å². The van der Waals surface area contributed by atoms with Gasteiger partial charge in [-0.15, -0.1) is 0 Å². The standard InChI is InChI=1S/C12H17N3O/c13-5-7-15-12(16)10-3-4-11-9(8-10)2-1-6-14-11/h3-4,8,14H,1-2,5-7,13H2,(H,15,16). The molecule has 4 N–H and O–H groups in total. The largest absolute Gasteiger partial charge is 0.385 e. The van der Waals surface area contributed by atoms with Crippen molar-refractivity contribution in [2.24, 2.45) is 5.73 Å². The predicted molar refractivity (Wildman–Crippen MR) is 64.6 cm³/mol. The number of hydrogen-bond donors (Lipinski definition) is 3. The van der Waals surface area contributed by atoms with Gasteiger partial charge in [0.25, 0.3) is 5.91 Å². The van der Waals surface area contributed by atoms with E-state index in [1.165, 1.54) is 5.56 Å². The summed E-state index contributed by atoms with van der Waals surface area (Å²) in [5.74, 6) is -0.0428. The first-order chi connectivity index (χ1) is 7.81. The number of hydrogen-bond acceptors (Lipinski definition) is 3. The molecule has 0 saturated carbocycles. The highest BCUT2D eigenvalue weighted by atomic mass is 16.1. The van der Waals surface area contributed by atoms with Crippen LogP contribution in [0.5, 0.6) is 0 Å². The first kappa shape index (κ1) is 11.0. The second-order valence-corrected chi connectivity index (χ2v) is 3.95. The van der Waals surface area contributed by atoms with Gasteiger partial charge in [-0.2, -0.15) is 0 Å². The van der Waals surface area contributed by atoms with E-state index in [-0.39, 0.29) is 5.91 Å². The van der Waals surface area contributed by atoms with Gasteiger partial charge in [0.2, 0.25) is 0 Å². The molecule has 0 aliphatic carbocycles. The first-order valence-corrected chi connectivity index (χ1v) is 5.66. The van der Waals surface area contributed by atoms with Crippen molar-refractivity contribution in [3.8, 4) is 0 Å². The van der Waals surface area contributed by atoms with Gasteiger partial charge in [-0.05, 0) is 36.6 Å². The van der Waals surface area contributed by atoms with Gasteiger partial charge in [-0.25, -0.2) is 0 Å². The fraction of sp³-hybridized carbons (Fsp3) is 0.417. The van der Waals surface area contributed by atoms with Crippen molar-refractivity contribution in [2.45, 2.75) is 12.8 Å². The molecule has 1 aliphatic rings. The number of aryl methyl sites for hydroxylation is 1. The van der Waals surface area contributed by atoms with E-state index in [4.69, 9.17) is 5.73 Å². The Morgan fingerprint density at radius 3 is 3.19 bits per heavy atom. The van der Waals surface area contributed by atoms with E-state index in [0.717, 1.165) is 30.6 Å². The van der Waals surface area contributed by atoms with Crippen molar-refractivity contribution in [2.75, 3.05) is 25.0 Å². The molecule has 0 unspecified atom stereocenters. The van der Waals surface area contributed by atoms with Crippen molar-refractivity contribution in [3.63, 3.8) is 0 Å². The highest BCUT2D eigenvalue weighted by molar-refractivity contribution is 5.94. The van der Waals surface area contributed by atoms with Crippen molar-refractivity contribution in [3.05, 3.63) is 29.3 Å². The summed E-state index contributed by atoms with van der Waals surface area (Å²) in [6.45, 7) is 2.01. The molecule has 4 heteroatoms. The Labute approximate surface area is 95.2 Å². The fourth-order valence-electron chi connectivity index (χ4n) is 1.90. The Morgan fingerprint density at radius 2 is 2.38 bits per heavy atom. The van der Waals surface area contributed by atoms with Crippen LogP contribution in [0.1, 0.15) is 22.3 Å². The molecule has 1 heterocycles. The maximum Gasteiger partial charge on any atom is 0.251 e. The SMILES string of the molecule is NCCNC(=O)c1ccc2c(c1)CCCN2. The number of benzene rings is 1. The lowest BCUT2D eigenvalue weighted by Gasteiger charge is -2.18. The van der Waals surface area contributed by atoms with Gasteiger partial charge in [0, 0.05) is 30.9 Å². The summed E-state index contributed by atoms with van der Waals surface area (Å²) in [5.41, 5.74) is 8.44. The monoisotopic (exact) mass is 219 g/mol. The fourth-order valence-corrected chi connectivity index (χ4v) is 1.90. The molecule has 0 fully saturated rings. The number of amides is 1. The summed E-state index contributed by atoms with van der Waals surface area (Å²) in [7, 11) is 0. The van der Waals surface area contributed by atoms with Crippen LogP contribution in [-0.2, 0) is 6.42 Å². The van der Waals surface area contributed by atoms with E-state index in [9.17, 15) is 4.79 Å². The third kappa shape index (κ3) is 2.33. The molecule has 1 aromatic carbocycles. The molecule has 1 amide bonds. The summed E-state index contributed by atoms with van der Waals surface area (Å²) in [5, 5.41) is 6.09. The summed E-state index contributed by atoms with van der Waals surface area (Å²) in [6, 6.07) is 5.79. The number of nitrogens with one attached hydrogen (secondary N) is 2. The topological polar surface area (TPSA) is 67.1 Å². The van der Waals surface area contributed by atoms with Crippen LogP contribution in [0.3, 0.4) is 0 Å². The quantitative estimate of drug-likeness (QED) is 0.702. The van der Waals surface area contributed by atoms with Gasteiger partial charge in [-0.1, -0.05) is 0 Å². The second-order valence-electron chi connectivity index (χ2n) is 3.95. The Kier molecular flexibility index (Phi) is 3.41. The van der Waals surface area contributed by atoms with E-state index in [2.05, 4.69) is 10.6 Å². The number of fused-ring (bicyclic) bond motifs is 1. The number of nitrogens with two attached hydrogens (primary N) is 1. The van der Waals surface area contributed by atoms with Gasteiger partial charge in [0.05, 0.1) is 0 Å². The lowest BCUT2D eigenvalue weighted by Crippen LogP contribution is -2.29.